The molecule has 0 unspecified atom stereocenters. The molecule has 0 spiro atoms. The molecule has 0 aliphatic carbocycles. The van der Waals surface area contributed by atoms with E-state index in [4.69, 9.17) is 4.74 Å². The van der Waals surface area contributed by atoms with Gasteiger partial charge < -0.3 is 11.7 Å². The van der Waals surface area contributed by atoms with Crippen LogP contribution in [0.15, 0.2) is 40.4 Å². The fraction of sp³-hybridized carbons (Fsp3) is 0.679. The number of alkyl halides is 1. The van der Waals surface area contributed by atoms with Gasteiger partial charge >= 0.3 is 18.9 Å². The van der Waals surface area contributed by atoms with Crippen molar-refractivity contribution in [2.45, 2.75) is 104 Å². The third kappa shape index (κ3) is 37.2. The van der Waals surface area contributed by atoms with Gasteiger partial charge in [-0.05, 0) is 54.3 Å². The van der Waals surface area contributed by atoms with E-state index in [-0.39, 0.29) is 18.9 Å². The molecule has 1 aliphatic rings. The second-order valence-corrected chi connectivity index (χ2v) is 10.2. The molecule has 0 radical (unpaired) electrons. The number of unbranched alkanes of at least 4 members (excludes halogenated alkanes) is 7. The molecular weight excluding hydrogens is 503 g/mol. The van der Waals surface area contributed by atoms with Crippen LogP contribution in [0, 0.1) is 6.92 Å². The minimum Gasteiger partial charge on any atom is -0.381 e. The normalized spacial score (nSPS) is 11.2. The Kier molecular flexibility index (Phi) is 42.6. The van der Waals surface area contributed by atoms with Crippen LogP contribution in [0.25, 0.3) is 0 Å². The summed E-state index contributed by atoms with van der Waals surface area (Å²) < 4.78 is 4.94. The van der Waals surface area contributed by atoms with Crippen LogP contribution >= 0.6 is 38.6 Å². The molecule has 1 fully saturated rings. The molecule has 2 aromatic heterocycles. The van der Waals surface area contributed by atoms with Gasteiger partial charge in [-0.3, -0.25) is 0 Å². The van der Waals surface area contributed by atoms with Gasteiger partial charge in [-0.2, -0.15) is 17.8 Å². The van der Waals surface area contributed by atoms with E-state index in [1.165, 1.54) is 82.4 Å². The monoisotopic (exact) mass is 552 g/mol. The second kappa shape index (κ2) is 37.0. The third-order valence-corrected chi connectivity index (χ3v) is 6.58. The predicted octanol–water partition coefficient (Wildman–Crippen LogP) is 8.00. The number of halogens is 1. The van der Waals surface area contributed by atoms with E-state index in [1.807, 2.05) is 34.2 Å². The van der Waals surface area contributed by atoms with Crippen molar-refractivity contribution in [3.63, 3.8) is 0 Å². The van der Waals surface area contributed by atoms with Crippen molar-refractivity contribution in [1.29, 1.82) is 0 Å². The van der Waals surface area contributed by atoms with E-state index in [1.54, 1.807) is 16.2 Å². The molecule has 0 N–H and O–H groups in total. The van der Waals surface area contributed by atoms with Crippen LogP contribution in [0.3, 0.4) is 0 Å². The van der Waals surface area contributed by atoms with Gasteiger partial charge in [-0.1, -0.05) is 99.8 Å². The Hall–Kier alpha value is 0.437. The summed E-state index contributed by atoms with van der Waals surface area (Å²) in [5.74, 6) is 0. The summed E-state index contributed by atoms with van der Waals surface area (Å²) in [7, 11) is 0. The van der Waals surface area contributed by atoms with Gasteiger partial charge in [0.1, 0.15) is 0 Å². The first-order valence-electron chi connectivity index (χ1n) is 12.7. The summed E-state index contributed by atoms with van der Waals surface area (Å²) in [6.45, 7) is 12.2. The zero-order valence-electron chi connectivity index (χ0n) is 22.2. The molecule has 1 aliphatic heterocycles. The SMILES string of the molecule is C1CCOC1.CCCCCCBr.CCCCCCc1cccs1.[CH2-]CCC.[Li+].c1ccsc1. The number of hydrogen-bond acceptors (Lipinski definition) is 3. The summed E-state index contributed by atoms with van der Waals surface area (Å²) in [5.41, 5.74) is 0. The van der Waals surface area contributed by atoms with Crippen LogP contribution in [0.4, 0.5) is 0 Å². The van der Waals surface area contributed by atoms with Gasteiger partial charge in [0.15, 0.2) is 0 Å². The molecule has 2 aromatic rings. The van der Waals surface area contributed by atoms with Gasteiger partial charge in [0.2, 0.25) is 0 Å². The van der Waals surface area contributed by atoms with Crippen LogP contribution in [-0.4, -0.2) is 18.5 Å². The molecule has 0 saturated carbocycles. The molecule has 0 amide bonds. The number of ether oxygens (including phenoxy) is 1. The Morgan fingerprint density at radius 3 is 1.73 bits per heavy atom. The van der Waals surface area contributed by atoms with E-state index in [0.29, 0.717) is 0 Å². The van der Waals surface area contributed by atoms with E-state index in [2.05, 4.69) is 61.1 Å². The van der Waals surface area contributed by atoms with Crippen molar-refractivity contribution in [2.75, 3.05) is 18.5 Å². The van der Waals surface area contributed by atoms with Gasteiger partial charge in [-0.15, -0.1) is 11.3 Å². The van der Waals surface area contributed by atoms with E-state index in [0.717, 1.165) is 19.6 Å². The summed E-state index contributed by atoms with van der Waals surface area (Å²) >= 11 is 6.97. The number of aryl methyl sites for hydroxylation is 1. The van der Waals surface area contributed by atoms with Gasteiger partial charge in [0, 0.05) is 23.4 Å². The van der Waals surface area contributed by atoms with Crippen molar-refractivity contribution in [3.05, 3.63) is 52.2 Å². The van der Waals surface area contributed by atoms with Crippen LogP contribution in [0.2, 0.25) is 0 Å². The van der Waals surface area contributed by atoms with E-state index in [9.17, 15) is 0 Å². The maximum atomic E-state index is 4.94. The zero-order valence-corrected chi connectivity index (χ0v) is 25.4. The number of rotatable bonds is 10. The molecule has 5 heteroatoms. The van der Waals surface area contributed by atoms with Crippen molar-refractivity contribution in [1.82, 2.24) is 0 Å². The molecule has 0 atom stereocenters. The third-order valence-electron chi connectivity index (χ3n) is 4.45. The second-order valence-electron chi connectivity index (χ2n) is 7.61. The molecule has 3 heterocycles. The van der Waals surface area contributed by atoms with Crippen LogP contribution in [0.1, 0.15) is 103 Å². The molecule has 1 nitrogen and oxygen atoms in total. The Morgan fingerprint density at radius 2 is 1.39 bits per heavy atom. The first-order valence-corrected chi connectivity index (χ1v) is 15.6. The van der Waals surface area contributed by atoms with Crippen LogP contribution in [-0.2, 0) is 11.2 Å². The first-order chi connectivity index (χ1) is 15.8. The molecule has 3 rings (SSSR count). The molecule has 1 saturated heterocycles. The van der Waals surface area contributed by atoms with Gasteiger partial charge in [-0.25, -0.2) is 0 Å². The maximum Gasteiger partial charge on any atom is 1.00 e. The average Bonchev–Trinajstić information content (AvgIpc) is 3.64. The Morgan fingerprint density at radius 1 is 0.818 bits per heavy atom. The summed E-state index contributed by atoms with van der Waals surface area (Å²) in [6.07, 6.45) is 17.1. The summed E-state index contributed by atoms with van der Waals surface area (Å²) in [6, 6.07) is 8.41. The quantitative estimate of drug-likeness (QED) is 0.125. The van der Waals surface area contributed by atoms with Crippen molar-refractivity contribution >= 4 is 38.6 Å². The first kappa shape index (κ1) is 38.0. The zero-order chi connectivity index (χ0) is 24.0. The van der Waals surface area contributed by atoms with Crippen molar-refractivity contribution < 1.29 is 23.6 Å². The molecule has 188 valence electrons. The molecule has 0 bridgehead atoms. The van der Waals surface area contributed by atoms with Crippen LogP contribution in [0.5, 0.6) is 0 Å². The minimum absolute atomic E-state index is 0. The summed E-state index contributed by atoms with van der Waals surface area (Å²) in [4.78, 5) is 1.54. The van der Waals surface area contributed by atoms with Gasteiger partial charge in [0.05, 0.1) is 0 Å². The molecule has 0 aromatic carbocycles. The van der Waals surface area contributed by atoms with Crippen molar-refractivity contribution in [2.24, 2.45) is 0 Å². The Bertz CT molecular complexity index is 457. The fourth-order valence-corrected chi connectivity index (χ4v) is 4.04. The Balaban J connectivity index is -0.000000357. The van der Waals surface area contributed by atoms with Crippen LogP contribution < -0.4 is 18.9 Å². The molecule has 33 heavy (non-hydrogen) atoms. The van der Waals surface area contributed by atoms with E-state index < -0.39 is 0 Å². The Labute approximate surface area is 235 Å². The standard InChI is InChI=1S/C10H16S.C6H13Br.C4H8O.C4H4S.C4H9.Li/c1-2-3-4-5-7-10-8-6-9-11-10;1-2-3-4-5-6-7;2*1-2-4-5-3-1;1-3-4-2;/h6,8-9H,2-5,7H2,1H3;2-6H2,1H3;1-4H2;1-4H;1,3-4H2,2H3;/q;;;;-1;+1. The van der Waals surface area contributed by atoms with Gasteiger partial charge in [0.25, 0.3) is 0 Å². The fourth-order valence-electron chi connectivity index (χ4n) is 2.44. The van der Waals surface area contributed by atoms with E-state index >= 15 is 0 Å². The number of thiophene rings is 2. The minimum atomic E-state index is 0. The largest absolute Gasteiger partial charge is 1.00 e. The molecular formula is C28H50BrLiOS2. The predicted molar refractivity (Wildman–Crippen MR) is 155 cm³/mol. The topological polar surface area (TPSA) is 9.23 Å². The van der Waals surface area contributed by atoms with Crippen molar-refractivity contribution in [3.8, 4) is 0 Å². The summed E-state index contributed by atoms with van der Waals surface area (Å²) in [5, 5.41) is 7.42. The number of hydrogen-bond donors (Lipinski definition) is 0. The average molecular weight is 554 g/mol. The smallest absolute Gasteiger partial charge is 0.381 e. The maximum absolute atomic E-state index is 4.94.